The molecular weight excluding hydrogens is 940 g/mol. The molecule has 0 saturated heterocycles. The highest BCUT2D eigenvalue weighted by Gasteiger charge is 2.37. The predicted molar refractivity (Wildman–Crippen MR) is 272 cm³/mol. The number of hydrogen-bond donors (Lipinski definition) is 2. The molecule has 7 aromatic rings. The van der Waals surface area contributed by atoms with Crippen molar-refractivity contribution < 1.29 is 41.2 Å². The molecule has 4 heterocycles. The van der Waals surface area contributed by atoms with Crippen molar-refractivity contribution in [2.24, 2.45) is 0 Å². The monoisotopic (exact) mass is 988 g/mol. The number of unbranched alkanes of at least 4 members (excludes halogenated alkanes) is 1. The number of halogens is 2. The SMILES string of the molecule is CCC(=Cc1oc2ccc(Cl)cc2[n+]1CC)C=C1Sc2ccc(Cl)cc2N1OCN1C(=CC(=CC2Oc3cc4ccccc4cc3[NH+]2CCCCS(=O)(=O)O)CC)Oc2cc3ccccc3cc21. The number of rotatable bonds is 15. The number of nitrogens with one attached hydrogen (secondary N) is 1. The van der Waals surface area contributed by atoms with Gasteiger partial charge in [0, 0.05) is 39.2 Å². The molecule has 10 rings (SSSR count). The number of thioether (sulfide) groups is 1. The number of oxazole rings is 1. The van der Waals surface area contributed by atoms with E-state index < -0.39 is 16.3 Å². The van der Waals surface area contributed by atoms with Gasteiger partial charge in [0.1, 0.15) is 11.6 Å². The highest BCUT2D eigenvalue weighted by Crippen LogP contribution is 2.49. The summed E-state index contributed by atoms with van der Waals surface area (Å²) in [4.78, 5) is 11.0. The van der Waals surface area contributed by atoms with Crippen molar-refractivity contribution in [1.82, 2.24) is 0 Å². The molecule has 0 bridgehead atoms. The average Bonchev–Trinajstić information content (AvgIpc) is 4.05. The van der Waals surface area contributed by atoms with Crippen LogP contribution in [0.2, 0.25) is 10.0 Å². The maximum absolute atomic E-state index is 11.6. The molecular formula is C53H50Cl2N4O7S2+2. The Morgan fingerprint density at radius 3 is 2.24 bits per heavy atom. The van der Waals surface area contributed by atoms with Gasteiger partial charge in [-0.1, -0.05) is 97.3 Å². The number of allylic oxidation sites excluding steroid dienone is 4. The summed E-state index contributed by atoms with van der Waals surface area (Å²) in [5.74, 6) is 2.52. The lowest BCUT2D eigenvalue weighted by molar-refractivity contribution is -0.862. The molecule has 0 spiro atoms. The molecule has 68 heavy (non-hydrogen) atoms. The zero-order chi connectivity index (χ0) is 47.1. The minimum Gasteiger partial charge on any atom is -0.439 e. The molecule has 0 fully saturated rings. The van der Waals surface area contributed by atoms with Crippen LogP contribution in [0.4, 0.5) is 17.1 Å². The summed E-state index contributed by atoms with van der Waals surface area (Å²) < 4.78 is 54.6. The molecule has 11 nitrogen and oxygen atoms in total. The smallest absolute Gasteiger partial charge is 0.374 e. The maximum atomic E-state index is 11.6. The van der Waals surface area contributed by atoms with E-state index in [-0.39, 0.29) is 12.5 Å². The fourth-order valence-corrected chi connectivity index (χ4v) is 11.0. The first-order valence-electron chi connectivity index (χ1n) is 22.8. The number of ether oxygens (including phenoxy) is 2. The molecule has 0 saturated carbocycles. The summed E-state index contributed by atoms with van der Waals surface area (Å²) in [6, 6.07) is 36.3. The largest absolute Gasteiger partial charge is 0.439 e. The van der Waals surface area contributed by atoms with Crippen LogP contribution in [0.3, 0.4) is 0 Å². The molecule has 2 N–H and O–H groups in total. The first kappa shape index (κ1) is 46.0. The van der Waals surface area contributed by atoms with Crippen molar-refractivity contribution in [3.05, 3.63) is 165 Å². The topological polar surface area (TPSA) is 110 Å². The number of benzene rings is 6. The Morgan fingerprint density at radius 1 is 0.824 bits per heavy atom. The first-order valence-corrected chi connectivity index (χ1v) is 26.0. The van der Waals surface area contributed by atoms with Gasteiger partial charge in [0.2, 0.25) is 11.5 Å². The average molecular weight is 990 g/mol. The summed E-state index contributed by atoms with van der Waals surface area (Å²) in [5, 5.41) is 8.24. The standard InChI is InChI=1S/C53H48Cl2N4O7S2/c1-4-34(23-51-57(21-11-12-22-68(60,61)62)42-27-36-13-7-9-15-38(36)29-47(42)65-51)24-52-58(43-28-37-14-8-10-16-39(37)30-48(43)66-52)33-63-59-45-32-41(55)18-20-49(45)67-53(59)26-35(5-2)25-50-56(6-3)44-31-40(54)17-19-46(44)64-50/h7-10,13-20,23-32,51H,4-6,11-12,21-22,33H2,1-3H3/p+2. The van der Waals surface area contributed by atoms with E-state index in [4.69, 9.17) is 41.9 Å². The van der Waals surface area contributed by atoms with Crippen LogP contribution in [0.25, 0.3) is 38.7 Å². The number of aromatic nitrogens is 1. The lowest BCUT2D eigenvalue weighted by Gasteiger charge is -2.25. The van der Waals surface area contributed by atoms with E-state index in [1.54, 1.807) is 11.8 Å². The van der Waals surface area contributed by atoms with Gasteiger partial charge in [-0.15, -0.1) is 0 Å². The molecule has 0 amide bonds. The van der Waals surface area contributed by atoms with Crippen LogP contribution in [0.15, 0.2) is 159 Å². The zero-order valence-corrected chi connectivity index (χ0v) is 40.9. The summed E-state index contributed by atoms with van der Waals surface area (Å²) in [6.07, 6.45) is 10.3. The Labute approximate surface area is 409 Å². The summed E-state index contributed by atoms with van der Waals surface area (Å²) >= 11 is 14.7. The maximum Gasteiger partial charge on any atom is 0.374 e. The van der Waals surface area contributed by atoms with Gasteiger partial charge in [0.15, 0.2) is 23.9 Å². The Balaban J connectivity index is 0.994. The highest BCUT2D eigenvalue weighted by atomic mass is 35.5. The second kappa shape index (κ2) is 19.3. The Hall–Kier alpha value is -5.77. The minimum absolute atomic E-state index is 0.0897. The third kappa shape index (κ3) is 9.49. The lowest BCUT2D eigenvalue weighted by Crippen LogP contribution is -3.10. The molecule has 3 aliphatic heterocycles. The molecule has 6 aromatic carbocycles. The number of anilines is 2. The van der Waals surface area contributed by atoms with Crippen LogP contribution in [0, 0.1) is 0 Å². The minimum atomic E-state index is -4.07. The van der Waals surface area contributed by atoms with Gasteiger partial charge in [0.05, 0.1) is 29.7 Å². The van der Waals surface area contributed by atoms with E-state index >= 15 is 0 Å². The number of hydrogen-bond acceptors (Lipinski definition) is 9. The quantitative estimate of drug-likeness (QED) is 0.0585. The molecule has 348 valence electrons. The van der Waals surface area contributed by atoms with E-state index in [0.29, 0.717) is 54.0 Å². The van der Waals surface area contributed by atoms with Gasteiger partial charge in [-0.3, -0.25) is 14.4 Å². The van der Waals surface area contributed by atoms with Crippen molar-refractivity contribution >= 4 is 101 Å². The van der Waals surface area contributed by atoms with Crippen molar-refractivity contribution in [2.45, 2.75) is 64.1 Å². The Kier molecular flexibility index (Phi) is 13.1. The van der Waals surface area contributed by atoms with Crippen LogP contribution in [0.1, 0.15) is 52.3 Å². The number of quaternary nitrogens is 1. The second-order valence-corrected chi connectivity index (χ2v) is 20.4. The van der Waals surface area contributed by atoms with Gasteiger partial charge in [-0.05, 0) is 120 Å². The van der Waals surface area contributed by atoms with Crippen LogP contribution in [0.5, 0.6) is 11.5 Å². The van der Waals surface area contributed by atoms with Crippen LogP contribution < -0.4 is 28.9 Å². The molecule has 3 aliphatic rings. The predicted octanol–water partition coefficient (Wildman–Crippen LogP) is 12.2. The van der Waals surface area contributed by atoms with Crippen molar-refractivity contribution in [3.8, 4) is 11.5 Å². The summed E-state index contributed by atoms with van der Waals surface area (Å²) in [7, 11) is -4.07. The van der Waals surface area contributed by atoms with E-state index in [1.165, 1.54) is 0 Å². The van der Waals surface area contributed by atoms with Gasteiger partial charge in [-0.25, -0.2) is 9.90 Å². The number of hydroxylamine groups is 1. The number of nitrogens with zero attached hydrogens (tertiary/aromatic N) is 3. The Morgan fingerprint density at radius 2 is 1.51 bits per heavy atom. The first-order chi connectivity index (χ1) is 32.9. The van der Waals surface area contributed by atoms with E-state index in [9.17, 15) is 13.0 Å². The molecule has 0 radical (unpaired) electrons. The molecule has 15 heteroatoms. The lowest BCUT2D eigenvalue weighted by atomic mass is 10.1. The number of fused-ring (bicyclic) bond motifs is 6. The second-order valence-electron chi connectivity index (χ2n) is 16.9. The molecule has 1 aromatic heterocycles. The van der Waals surface area contributed by atoms with Crippen LogP contribution in [-0.4, -0.2) is 38.2 Å². The highest BCUT2D eigenvalue weighted by molar-refractivity contribution is 8.03. The van der Waals surface area contributed by atoms with E-state index in [1.807, 2.05) is 70.6 Å². The third-order valence-corrected chi connectivity index (χ3v) is 14.8. The summed E-state index contributed by atoms with van der Waals surface area (Å²) in [5.41, 5.74) is 6.40. The molecule has 2 unspecified atom stereocenters. The van der Waals surface area contributed by atoms with E-state index in [2.05, 4.69) is 98.2 Å². The fourth-order valence-electron chi connectivity index (χ4n) is 9.00. The van der Waals surface area contributed by atoms with Gasteiger partial charge < -0.3 is 13.9 Å². The van der Waals surface area contributed by atoms with Crippen molar-refractivity contribution in [1.29, 1.82) is 0 Å². The van der Waals surface area contributed by atoms with Gasteiger partial charge in [0.25, 0.3) is 21.9 Å². The van der Waals surface area contributed by atoms with Crippen LogP contribution >= 0.6 is 35.0 Å². The van der Waals surface area contributed by atoms with Crippen molar-refractivity contribution in [2.75, 3.05) is 29.0 Å². The molecule has 2 atom stereocenters. The summed E-state index contributed by atoms with van der Waals surface area (Å²) in [6.45, 7) is 7.70. The number of aryl methyl sites for hydroxylation is 1. The molecule has 0 aliphatic carbocycles. The fraction of sp³-hybridized carbons (Fsp3) is 0.226. The van der Waals surface area contributed by atoms with E-state index in [0.717, 1.165) is 93.7 Å². The van der Waals surface area contributed by atoms with Gasteiger partial charge >= 0.3 is 5.89 Å². The van der Waals surface area contributed by atoms with Crippen molar-refractivity contribution in [3.63, 3.8) is 0 Å². The Bertz CT molecular complexity index is 3350. The zero-order valence-electron chi connectivity index (χ0n) is 37.7. The third-order valence-electron chi connectivity index (χ3n) is 12.5. The van der Waals surface area contributed by atoms with Gasteiger partial charge in [-0.2, -0.15) is 13.0 Å². The van der Waals surface area contributed by atoms with Crippen LogP contribution in [-0.2, 0) is 21.5 Å². The normalized spacial score (nSPS) is 18.3.